The first-order chi connectivity index (χ1) is 7.41. The van der Waals surface area contributed by atoms with Gasteiger partial charge in [-0.05, 0) is 18.2 Å². The summed E-state index contributed by atoms with van der Waals surface area (Å²) in [6.45, 7) is 0. The molecule has 0 aliphatic heterocycles. The van der Waals surface area contributed by atoms with Crippen molar-refractivity contribution >= 4 is 43.0 Å². The molecule has 16 heavy (non-hydrogen) atoms. The number of hydrogen-bond donors (Lipinski definition) is 0. The van der Waals surface area contributed by atoms with Gasteiger partial charge in [-0.2, -0.15) is 8.78 Å². The van der Waals surface area contributed by atoms with Crippen LogP contribution in [0.3, 0.4) is 0 Å². The minimum atomic E-state index is -4.62. The van der Waals surface area contributed by atoms with E-state index in [0.29, 0.717) is 26.6 Å². The monoisotopic (exact) mass is 283 g/mol. The molecule has 0 amide bonds. The van der Waals surface area contributed by atoms with Gasteiger partial charge in [0.2, 0.25) is 4.34 Å². The van der Waals surface area contributed by atoms with Crippen molar-refractivity contribution in [3.05, 3.63) is 23.2 Å². The Morgan fingerprint density at radius 1 is 1.38 bits per heavy atom. The maximum absolute atomic E-state index is 12.3. The van der Waals surface area contributed by atoms with Crippen LogP contribution in [-0.2, 0) is 9.84 Å². The first kappa shape index (κ1) is 11.7. The quantitative estimate of drug-likeness (QED) is 0.851. The lowest BCUT2D eigenvalue weighted by Gasteiger charge is -1.95. The van der Waals surface area contributed by atoms with Crippen molar-refractivity contribution < 1.29 is 17.2 Å². The number of sulfone groups is 1. The molecule has 0 atom stereocenters. The van der Waals surface area contributed by atoms with Crippen LogP contribution in [-0.4, -0.2) is 19.2 Å². The van der Waals surface area contributed by atoms with Gasteiger partial charge in [0.25, 0.3) is 9.84 Å². The second-order valence-electron chi connectivity index (χ2n) is 2.90. The molecule has 0 radical (unpaired) electrons. The van der Waals surface area contributed by atoms with Gasteiger partial charge in [0.1, 0.15) is 0 Å². The van der Waals surface area contributed by atoms with Crippen LogP contribution in [0.25, 0.3) is 10.2 Å². The lowest BCUT2D eigenvalue weighted by Crippen LogP contribution is -2.10. The number of halogens is 3. The highest BCUT2D eigenvalue weighted by atomic mass is 35.5. The predicted molar refractivity (Wildman–Crippen MR) is 57.8 cm³/mol. The number of nitrogens with zero attached hydrogens (tertiary/aromatic N) is 1. The average molecular weight is 284 g/mol. The van der Waals surface area contributed by atoms with Crippen molar-refractivity contribution in [3.63, 3.8) is 0 Å². The van der Waals surface area contributed by atoms with Gasteiger partial charge >= 0.3 is 5.76 Å². The zero-order valence-electron chi connectivity index (χ0n) is 7.52. The van der Waals surface area contributed by atoms with Gasteiger partial charge in [-0.15, -0.1) is 11.3 Å². The Kier molecular flexibility index (Phi) is 2.85. The third-order valence-electron chi connectivity index (χ3n) is 1.81. The van der Waals surface area contributed by atoms with E-state index in [-0.39, 0.29) is 0 Å². The van der Waals surface area contributed by atoms with Crippen molar-refractivity contribution in [2.45, 2.75) is 10.1 Å². The van der Waals surface area contributed by atoms with E-state index in [1.807, 2.05) is 0 Å². The molecule has 2 aromatic rings. The molecule has 86 valence electrons. The van der Waals surface area contributed by atoms with Crippen LogP contribution in [0.15, 0.2) is 22.5 Å². The summed E-state index contributed by atoms with van der Waals surface area (Å²) in [5, 5.41) is 0.374. The molecule has 0 aliphatic rings. The Hall–Kier alpha value is -0.790. The van der Waals surface area contributed by atoms with E-state index in [2.05, 4.69) is 4.98 Å². The second kappa shape index (κ2) is 3.90. The van der Waals surface area contributed by atoms with Crippen LogP contribution in [0.2, 0.25) is 5.02 Å². The van der Waals surface area contributed by atoms with Gasteiger partial charge in [-0.25, -0.2) is 13.4 Å². The molecule has 1 aromatic heterocycles. The van der Waals surface area contributed by atoms with Gasteiger partial charge in [0.05, 0.1) is 10.2 Å². The van der Waals surface area contributed by atoms with Crippen LogP contribution in [0, 0.1) is 0 Å². The fourth-order valence-corrected chi connectivity index (χ4v) is 3.25. The van der Waals surface area contributed by atoms with E-state index in [1.54, 1.807) is 12.1 Å². The number of rotatable bonds is 2. The normalized spacial score (nSPS) is 12.5. The summed E-state index contributed by atoms with van der Waals surface area (Å²) in [6, 6.07) is 4.51. The van der Waals surface area contributed by atoms with E-state index >= 15 is 0 Å². The number of alkyl halides is 2. The smallest absolute Gasteiger partial charge is 0.225 e. The number of fused-ring (bicyclic) bond motifs is 1. The fraction of sp³-hybridized carbons (Fsp3) is 0.125. The molecule has 1 heterocycles. The molecule has 3 nitrogen and oxygen atoms in total. The van der Waals surface area contributed by atoms with Crippen molar-refractivity contribution in [1.29, 1.82) is 0 Å². The maximum atomic E-state index is 12.3. The highest BCUT2D eigenvalue weighted by Gasteiger charge is 2.30. The fourth-order valence-electron chi connectivity index (χ4n) is 1.08. The van der Waals surface area contributed by atoms with E-state index in [1.165, 1.54) is 6.07 Å². The van der Waals surface area contributed by atoms with Gasteiger partial charge in [0.15, 0.2) is 0 Å². The average Bonchev–Trinajstić information content (AvgIpc) is 2.60. The van der Waals surface area contributed by atoms with Gasteiger partial charge in [-0.1, -0.05) is 11.6 Å². The number of aromatic nitrogens is 1. The summed E-state index contributed by atoms with van der Waals surface area (Å²) >= 11 is 6.38. The van der Waals surface area contributed by atoms with E-state index in [4.69, 9.17) is 11.6 Å². The Labute approximate surface area is 98.6 Å². The van der Waals surface area contributed by atoms with E-state index in [0.717, 1.165) is 0 Å². The molecule has 0 aliphatic carbocycles. The zero-order valence-corrected chi connectivity index (χ0v) is 9.91. The summed E-state index contributed by atoms with van der Waals surface area (Å²) in [5.74, 6) is -3.46. The molecular weight excluding hydrogens is 280 g/mol. The van der Waals surface area contributed by atoms with Crippen molar-refractivity contribution in [2.75, 3.05) is 0 Å². The summed E-state index contributed by atoms with van der Waals surface area (Å²) in [6.07, 6.45) is 0. The molecule has 0 saturated heterocycles. The van der Waals surface area contributed by atoms with Crippen LogP contribution >= 0.6 is 22.9 Å². The largest absolute Gasteiger partial charge is 0.343 e. The third-order valence-corrected chi connectivity index (χ3v) is 4.87. The van der Waals surface area contributed by atoms with Crippen LogP contribution < -0.4 is 0 Å². The van der Waals surface area contributed by atoms with Crippen LogP contribution in [0.1, 0.15) is 0 Å². The predicted octanol–water partition coefficient (Wildman–Crippen LogP) is 2.95. The number of benzene rings is 1. The van der Waals surface area contributed by atoms with Crippen molar-refractivity contribution in [2.24, 2.45) is 0 Å². The molecule has 0 unspecified atom stereocenters. The molecule has 8 heteroatoms. The van der Waals surface area contributed by atoms with Crippen LogP contribution in [0.5, 0.6) is 0 Å². The number of thiazole rings is 1. The Morgan fingerprint density at radius 2 is 2.06 bits per heavy atom. The molecule has 2 rings (SSSR count). The van der Waals surface area contributed by atoms with Crippen LogP contribution in [0.4, 0.5) is 8.78 Å². The summed E-state index contributed by atoms with van der Waals surface area (Å²) < 4.78 is 46.7. The summed E-state index contributed by atoms with van der Waals surface area (Å²) in [4.78, 5) is 3.63. The Morgan fingerprint density at radius 3 is 2.69 bits per heavy atom. The lowest BCUT2D eigenvalue weighted by atomic mass is 10.3. The zero-order chi connectivity index (χ0) is 11.9. The SMILES string of the molecule is O=S(=O)(c1nc2cc(Cl)ccc2s1)C(F)F. The standard InChI is InChI=1S/C8H4ClF2NO2S2/c9-4-1-2-6-5(3-4)12-8(15-6)16(13,14)7(10)11/h1-3,7H. The van der Waals surface area contributed by atoms with Gasteiger partial charge in [0, 0.05) is 5.02 Å². The molecule has 0 bridgehead atoms. The summed E-state index contributed by atoms with van der Waals surface area (Å²) in [7, 11) is -4.62. The highest BCUT2D eigenvalue weighted by Crippen LogP contribution is 2.30. The molecule has 0 fully saturated rings. The van der Waals surface area contributed by atoms with Gasteiger partial charge in [-0.3, -0.25) is 0 Å². The van der Waals surface area contributed by atoms with Gasteiger partial charge < -0.3 is 0 Å². The molecule has 0 N–H and O–H groups in total. The van der Waals surface area contributed by atoms with Crippen molar-refractivity contribution in [1.82, 2.24) is 4.98 Å². The Bertz CT molecular complexity index is 639. The van der Waals surface area contributed by atoms with Crippen molar-refractivity contribution in [3.8, 4) is 0 Å². The minimum absolute atomic E-state index is 0.303. The van der Waals surface area contributed by atoms with E-state index in [9.17, 15) is 17.2 Å². The second-order valence-corrected chi connectivity index (χ2v) is 6.46. The third kappa shape index (κ3) is 1.90. The summed E-state index contributed by atoms with van der Waals surface area (Å²) in [5.41, 5.74) is 0.303. The Balaban J connectivity index is 2.65. The molecule has 1 aromatic carbocycles. The maximum Gasteiger partial charge on any atom is 0.343 e. The first-order valence-corrected chi connectivity index (χ1v) is 6.73. The topological polar surface area (TPSA) is 47.0 Å². The lowest BCUT2D eigenvalue weighted by molar-refractivity contribution is 0.234. The highest BCUT2D eigenvalue weighted by molar-refractivity contribution is 7.93. The number of hydrogen-bond acceptors (Lipinski definition) is 4. The first-order valence-electron chi connectivity index (χ1n) is 3.99. The van der Waals surface area contributed by atoms with E-state index < -0.39 is 19.9 Å². The molecule has 0 spiro atoms. The minimum Gasteiger partial charge on any atom is -0.225 e. The molecule has 0 saturated carbocycles. The molecular formula is C8H4ClF2NO2S2.